The van der Waals surface area contributed by atoms with Crippen LogP contribution < -0.4 is 10.5 Å². The minimum Gasteiger partial charge on any atom is -0.480 e. The van der Waals surface area contributed by atoms with E-state index in [2.05, 4.69) is 17.5 Å². The zero-order valence-electron chi connectivity index (χ0n) is 6.32. The summed E-state index contributed by atoms with van der Waals surface area (Å²) in [5.41, 5.74) is 5.70. The number of nitrogens with one attached hydrogen (secondary N) is 2. The van der Waals surface area contributed by atoms with Crippen molar-refractivity contribution >= 4 is 25.0 Å². The van der Waals surface area contributed by atoms with Crippen LogP contribution in [0.4, 0.5) is 0 Å². The lowest BCUT2D eigenvalue weighted by molar-refractivity contribution is -0.138. The Labute approximate surface area is 75.7 Å². The second-order valence-electron chi connectivity index (χ2n) is 2.13. The lowest BCUT2D eigenvalue weighted by Crippen LogP contribution is -2.32. The minimum absolute atomic E-state index is 0.133. The van der Waals surface area contributed by atoms with Gasteiger partial charge < -0.3 is 16.2 Å². The zero-order chi connectivity index (χ0) is 9.56. The maximum atomic E-state index is 10.4. The predicted octanol–water partition coefficient (Wildman–Crippen LogP) is -0.244. The first-order valence-electron chi connectivity index (χ1n) is 3.19. The van der Waals surface area contributed by atoms with Gasteiger partial charge in [-0.05, 0) is 6.08 Å². The fourth-order valence-electron chi connectivity index (χ4n) is 0.599. The lowest BCUT2D eigenvalue weighted by atomic mass is 10.2. The predicted molar refractivity (Wildman–Crippen MR) is 49.2 cm³/mol. The van der Waals surface area contributed by atoms with Gasteiger partial charge in [-0.3, -0.25) is 9.52 Å². The van der Waals surface area contributed by atoms with Gasteiger partial charge in [0.2, 0.25) is 0 Å². The fourth-order valence-corrected chi connectivity index (χ4v) is 0.801. The molecule has 0 aliphatic heterocycles. The van der Waals surface area contributed by atoms with Gasteiger partial charge in [0, 0.05) is 18.3 Å². The highest BCUT2D eigenvalue weighted by molar-refractivity contribution is 7.78. The minimum atomic E-state index is -1.02. The second-order valence-corrected chi connectivity index (χ2v) is 2.39. The summed E-state index contributed by atoms with van der Waals surface area (Å²) in [5.74, 6) is -1.02. The van der Waals surface area contributed by atoms with Crippen molar-refractivity contribution in [2.24, 2.45) is 5.73 Å². The van der Waals surface area contributed by atoms with Crippen LogP contribution >= 0.6 is 12.8 Å². The molecule has 0 radical (unpaired) electrons. The Morgan fingerprint density at radius 1 is 1.83 bits per heavy atom. The van der Waals surface area contributed by atoms with Gasteiger partial charge in [-0.1, -0.05) is 12.8 Å². The van der Waals surface area contributed by atoms with E-state index >= 15 is 0 Å². The normalized spacial score (nSPS) is 13.9. The molecule has 0 heterocycles. The van der Waals surface area contributed by atoms with Crippen LogP contribution in [-0.2, 0) is 4.79 Å². The first kappa shape index (κ1) is 11.0. The van der Waals surface area contributed by atoms with Crippen LogP contribution in [-0.4, -0.2) is 23.3 Å². The average Bonchev–Trinajstić information content (AvgIpc) is 2.00. The summed E-state index contributed by atoms with van der Waals surface area (Å²) >= 11 is 3.63. The summed E-state index contributed by atoms with van der Waals surface area (Å²) in [7, 11) is 0. The van der Waals surface area contributed by atoms with Crippen LogP contribution in [0.5, 0.6) is 0 Å². The van der Waals surface area contributed by atoms with Gasteiger partial charge in [0.25, 0.3) is 0 Å². The fraction of sp³-hybridized carbons (Fsp3) is 0.333. The molecule has 0 saturated carbocycles. The van der Waals surface area contributed by atoms with Crippen LogP contribution in [0.1, 0.15) is 6.42 Å². The molecule has 5 N–H and O–H groups in total. The van der Waals surface area contributed by atoms with E-state index in [9.17, 15) is 4.79 Å². The van der Waals surface area contributed by atoms with Crippen LogP contribution in [0.25, 0.3) is 0 Å². The van der Waals surface area contributed by atoms with Gasteiger partial charge in [-0.25, -0.2) is 0 Å². The number of rotatable bonds is 5. The Balaban J connectivity index is 4.11. The summed E-state index contributed by atoms with van der Waals surface area (Å²) in [5, 5.41) is 15.2. The van der Waals surface area contributed by atoms with Gasteiger partial charge >= 0.3 is 5.97 Å². The highest BCUT2D eigenvalue weighted by Gasteiger charge is 2.15. The summed E-state index contributed by atoms with van der Waals surface area (Å²) in [6.45, 7) is 0. The van der Waals surface area contributed by atoms with Crippen molar-refractivity contribution in [2.75, 3.05) is 0 Å². The first-order valence-corrected chi connectivity index (χ1v) is 3.64. The second kappa shape index (κ2) is 5.62. The molecule has 0 aliphatic carbocycles. The molecule has 0 aliphatic rings. The molecule has 0 spiro atoms. The SMILES string of the molecule is N=C/C=C(\N)CC(NS)C(=O)O. The molecule has 0 amide bonds. The highest BCUT2D eigenvalue weighted by Crippen LogP contribution is 1.99. The lowest BCUT2D eigenvalue weighted by Gasteiger charge is -2.09. The van der Waals surface area contributed by atoms with E-state index in [0.717, 1.165) is 6.21 Å². The van der Waals surface area contributed by atoms with E-state index in [4.69, 9.17) is 16.2 Å². The molecule has 0 rings (SSSR count). The van der Waals surface area contributed by atoms with Crippen molar-refractivity contribution in [3.8, 4) is 0 Å². The van der Waals surface area contributed by atoms with E-state index < -0.39 is 12.0 Å². The average molecular weight is 189 g/mol. The third kappa shape index (κ3) is 3.99. The molecule has 0 aromatic carbocycles. The zero-order valence-corrected chi connectivity index (χ0v) is 7.21. The topological polar surface area (TPSA) is 99.2 Å². The van der Waals surface area contributed by atoms with Crippen LogP contribution in [0.15, 0.2) is 11.8 Å². The highest BCUT2D eigenvalue weighted by atomic mass is 32.1. The Kier molecular flexibility index (Phi) is 5.14. The number of thiol groups is 1. The smallest absolute Gasteiger partial charge is 0.321 e. The van der Waals surface area contributed by atoms with E-state index in [0.29, 0.717) is 5.70 Å². The number of carboxylic acid groups (broad SMARTS) is 1. The van der Waals surface area contributed by atoms with Gasteiger partial charge in [0.05, 0.1) is 0 Å². The van der Waals surface area contributed by atoms with Gasteiger partial charge in [0.1, 0.15) is 6.04 Å². The van der Waals surface area contributed by atoms with Crippen molar-refractivity contribution < 1.29 is 9.90 Å². The van der Waals surface area contributed by atoms with Crippen LogP contribution in [0.2, 0.25) is 0 Å². The number of carbonyl (C=O) groups is 1. The Morgan fingerprint density at radius 2 is 2.42 bits per heavy atom. The molecule has 1 unspecified atom stereocenters. The van der Waals surface area contributed by atoms with Crippen molar-refractivity contribution in [3.05, 3.63) is 11.8 Å². The molecule has 5 nitrogen and oxygen atoms in total. The Bertz CT molecular complexity index is 205. The first-order chi connectivity index (χ1) is 5.61. The Hall–Kier alpha value is -1.01. The van der Waals surface area contributed by atoms with E-state index in [-0.39, 0.29) is 6.42 Å². The third-order valence-corrected chi connectivity index (χ3v) is 1.50. The summed E-state index contributed by atoms with van der Waals surface area (Å²) in [6, 6.07) is -0.815. The summed E-state index contributed by atoms with van der Waals surface area (Å²) in [6.07, 6.45) is 2.47. The molecule has 1 atom stereocenters. The molecular formula is C6H11N3O2S. The molecule has 12 heavy (non-hydrogen) atoms. The molecule has 0 saturated heterocycles. The molecule has 68 valence electrons. The van der Waals surface area contributed by atoms with Crippen molar-refractivity contribution in [1.82, 2.24) is 4.72 Å². The third-order valence-electron chi connectivity index (χ3n) is 1.19. The van der Waals surface area contributed by atoms with Crippen LogP contribution in [0, 0.1) is 5.41 Å². The molecule has 0 aromatic rings. The maximum Gasteiger partial charge on any atom is 0.321 e. The monoisotopic (exact) mass is 189 g/mol. The molecule has 0 bridgehead atoms. The number of nitrogens with two attached hydrogens (primary N) is 1. The number of aliphatic carboxylic acids is 1. The van der Waals surface area contributed by atoms with Crippen molar-refractivity contribution in [1.29, 1.82) is 5.41 Å². The van der Waals surface area contributed by atoms with Gasteiger partial charge in [-0.15, -0.1) is 0 Å². The number of allylic oxidation sites excluding steroid dienone is 1. The number of carboxylic acids is 1. The number of hydrogen-bond acceptors (Lipinski definition) is 5. The largest absolute Gasteiger partial charge is 0.480 e. The van der Waals surface area contributed by atoms with E-state index in [1.54, 1.807) is 0 Å². The van der Waals surface area contributed by atoms with Crippen molar-refractivity contribution in [3.63, 3.8) is 0 Å². The van der Waals surface area contributed by atoms with E-state index in [1.165, 1.54) is 6.08 Å². The molecule has 0 fully saturated rings. The van der Waals surface area contributed by atoms with E-state index in [1.807, 2.05) is 0 Å². The van der Waals surface area contributed by atoms with Crippen molar-refractivity contribution in [2.45, 2.75) is 12.5 Å². The summed E-state index contributed by atoms with van der Waals surface area (Å²) < 4.78 is 2.29. The summed E-state index contributed by atoms with van der Waals surface area (Å²) in [4.78, 5) is 10.4. The maximum absolute atomic E-state index is 10.4. The molecular weight excluding hydrogens is 178 g/mol. The standard InChI is InChI=1S/C6H11N3O2S/c7-2-1-4(8)3-5(9-12)6(10)11/h1-2,5,7,9,12H,3,8H2,(H,10,11)/b4-1-,7-2?. The molecule has 0 aromatic heterocycles. The van der Waals surface area contributed by atoms with Gasteiger partial charge in [0.15, 0.2) is 0 Å². The van der Waals surface area contributed by atoms with Gasteiger partial charge in [-0.2, -0.15) is 0 Å². The number of hydrogen-bond donors (Lipinski definition) is 5. The molecule has 6 heteroatoms. The van der Waals surface area contributed by atoms with Crippen LogP contribution in [0.3, 0.4) is 0 Å². The quantitative estimate of drug-likeness (QED) is 0.304. The Morgan fingerprint density at radius 3 is 2.75 bits per heavy atom.